The van der Waals surface area contributed by atoms with Gasteiger partial charge in [0.15, 0.2) is 0 Å². The van der Waals surface area contributed by atoms with E-state index in [2.05, 4.69) is 33.0 Å². The molecule has 1 aliphatic rings. The molecule has 1 saturated heterocycles. The van der Waals surface area contributed by atoms with Gasteiger partial charge in [0, 0.05) is 0 Å². The summed E-state index contributed by atoms with van der Waals surface area (Å²) in [7, 11) is 1.66. The monoisotopic (exact) mass is 224 g/mol. The average Bonchev–Trinajstić information content (AvgIpc) is 2.64. The number of amides is 1. The molecule has 2 rings (SSSR count). The molecule has 1 fully saturated rings. The Morgan fingerprint density at radius 1 is 1.62 bits per heavy atom. The van der Waals surface area contributed by atoms with E-state index >= 15 is 0 Å². The van der Waals surface area contributed by atoms with E-state index in [9.17, 15) is 4.79 Å². The molecule has 0 radical (unpaired) electrons. The van der Waals surface area contributed by atoms with E-state index in [0.29, 0.717) is 5.92 Å². The van der Waals surface area contributed by atoms with Crippen molar-refractivity contribution in [1.29, 1.82) is 0 Å². The number of nitrogens with zero attached hydrogens (tertiary/aromatic N) is 4. The highest BCUT2D eigenvalue weighted by atomic mass is 16.2. The Hall–Kier alpha value is -1.50. The van der Waals surface area contributed by atoms with Gasteiger partial charge in [-0.15, -0.1) is 5.10 Å². The number of hydrogen-bond acceptors (Lipinski definition) is 5. The molecule has 1 amide bonds. The minimum atomic E-state index is -0.146. The fourth-order valence-electron chi connectivity index (χ4n) is 1.84. The van der Waals surface area contributed by atoms with E-state index < -0.39 is 0 Å². The van der Waals surface area contributed by atoms with Gasteiger partial charge in [0.1, 0.15) is 0 Å². The molecular formula is C9H16N6O. The number of nitrogens with one attached hydrogen (secondary N) is 2. The normalized spacial score (nSPS) is 25.4. The predicted octanol–water partition coefficient (Wildman–Crippen LogP) is -0.463. The van der Waals surface area contributed by atoms with Crippen LogP contribution in [0.15, 0.2) is 0 Å². The standard InChI is InChI=1S/C9H16N6O/c1-6-3-4-10-7(5-6)8(16)11-9-12-14-15(2)13-9/h6-7,10H,3-5H2,1-2H3,(H,11,13,16). The van der Waals surface area contributed by atoms with Crippen molar-refractivity contribution < 1.29 is 4.79 Å². The smallest absolute Gasteiger partial charge is 0.270 e. The summed E-state index contributed by atoms with van der Waals surface area (Å²) in [5.41, 5.74) is 0. The lowest BCUT2D eigenvalue weighted by Crippen LogP contribution is -2.45. The third-order valence-corrected chi connectivity index (χ3v) is 2.73. The predicted molar refractivity (Wildman–Crippen MR) is 57.6 cm³/mol. The van der Waals surface area contributed by atoms with Crippen LogP contribution < -0.4 is 10.6 Å². The first-order valence-electron chi connectivity index (χ1n) is 5.43. The maximum atomic E-state index is 11.8. The van der Waals surface area contributed by atoms with Crippen LogP contribution in [0.25, 0.3) is 0 Å². The summed E-state index contributed by atoms with van der Waals surface area (Å²) < 4.78 is 0. The van der Waals surface area contributed by atoms with Crippen molar-refractivity contribution in [2.24, 2.45) is 13.0 Å². The van der Waals surface area contributed by atoms with Gasteiger partial charge in [-0.3, -0.25) is 10.1 Å². The van der Waals surface area contributed by atoms with Crippen LogP contribution in [0.3, 0.4) is 0 Å². The van der Waals surface area contributed by atoms with Crippen molar-refractivity contribution in [3.05, 3.63) is 0 Å². The quantitative estimate of drug-likeness (QED) is 0.710. The van der Waals surface area contributed by atoms with Crippen molar-refractivity contribution in [2.45, 2.75) is 25.8 Å². The molecule has 2 atom stereocenters. The molecule has 1 aliphatic heterocycles. The highest BCUT2D eigenvalue weighted by Crippen LogP contribution is 2.15. The largest absolute Gasteiger partial charge is 0.306 e. The van der Waals surface area contributed by atoms with Gasteiger partial charge in [0.25, 0.3) is 5.95 Å². The number of anilines is 1. The van der Waals surface area contributed by atoms with Gasteiger partial charge in [-0.25, -0.2) is 0 Å². The Labute approximate surface area is 93.6 Å². The Bertz CT molecular complexity index is 376. The van der Waals surface area contributed by atoms with Crippen LogP contribution in [0, 0.1) is 5.92 Å². The van der Waals surface area contributed by atoms with Gasteiger partial charge in [-0.05, 0) is 30.5 Å². The van der Waals surface area contributed by atoms with Crippen molar-refractivity contribution >= 4 is 11.9 Å². The van der Waals surface area contributed by atoms with Crippen LogP contribution in [-0.2, 0) is 11.8 Å². The van der Waals surface area contributed by atoms with E-state index in [4.69, 9.17) is 0 Å². The lowest BCUT2D eigenvalue weighted by atomic mass is 9.94. The zero-order valence-electron chi connectivity index (χ0n) is 9.47. The van der Waals surface area contributed by atoms with Crippen molar-refractivity contribution in [1.82, 2.24) is 25.5 Å². The van der Waals surface area contributed by atoms with E-state index in [1.165, 1.54) is 4.80 Å². The summed E-state index contributed by atoms with van der Waals surface area (Å²) in [4.78, 5) is 13.1. The first-order valence-corrected chi connectivity index (χ1v) is 5.43. The minimum absolute atomic E-state index is 0.0837. The molecule has 0 aromatic carbocycles. The molecule has 2 N–H and O–H groups in total. The minimum Gasteiger partial charge on any atom is -0.306 e. The maximum absolute atomic E-state index is 11.8. The van der Waals surface area contributed by atoms with Gasteiger partial charge >= 0.3 is 0 Å². The topological polar surface area (TPSA) is 84.7 Å². The Kier molecular flexibility index (Phi) is 3.14. The Morgan fingerprint density at radius 2 is 2.44 bits per heavy atom. The number of carbonyl (C=O) groups is 1. The van der Waals surface area contributed by atoms with Crippen LogP contribution in [-0.4, -0.2) is 38.7 Å². The van der Waals surface area contributed by atoms with E-state index in [1.807, 2.05) is 0 Å². The average molecular weight is 224 g/mol. The number of hydrogen-bond donors (Lipinski definition) is 2. The second-order valence-corrected chi connectivity index (χ2v) is 4.23. The zero-order chi connectivity index (χ0) is 11.5. The molecule has 7 nitrogen and oxygen atoms in total. The molecule has 7 heteroatoms. The first kappa shape index (κ1) is 11.0. The number of aromatic nitrogens is 4. The summed E-state index contributed by atoms with van der Waals surface area (Å²) in [6.07, 6.45) is 1.97. The summed E-state index contributed by atoms with van der Waals surface area (Å²) in [6.45, 7) is 3.04. The van der Waals surface area contributed by atoms with Crippen molar-refractivity contribution in [3.63, 3.8) is 0 Å². The second kappa shape index (κ2) is 4.56. The number of carbonyl (C=O) groups excluding carboxylic acids is 1. The molecule has 16 heavy (non-hydrogen) atoms. The van der Waals surface area contributed by atoms with Gasteiger partial charge in [0.2, 0.25) is 5.91 Å². The molecule has 1 aromatic rings. The van der Waals surface area contributed by atoms with E-state index in [0.717, 1.165) is 19.4 Å². The number of rotatable bonds is 2. The third kappa shape index (κ3) is 2.54. The summed E-state index contributed by atoms with van der Waals surface area (Å²) in [6, 6.07) is -0.146. The summed E-state index contributed by atoms with van der Waals surface area (Å²) in [5.74, 6) is 0.749. The van der Waals surface area contributed by atoms with E-state index in [-0.39, 0.29) is 17.9 Å². The summed E-state index contributed by atoms with van der Waals surface area (Å²) >= 11 is 0. The Morgan fingerprint density at radius 3 is 3.06 bits per heavy atom. The fraction of sp³-hybridized carbons (Fsp3) is 0.778. The molecule has 0 saturated carbocycles. The van der Waals surface area contributed by atoms with Crippen molar-refractivity contribution in [2.75, 3.05) is 11.9 Å². The van der Waals surface area contributed by atoms with Crippen LogP contribution >= 0.6 is 0 Å². The van der Waals surface area contributed by atoms with Gasteiger partial charge < -0.3 is 5.32 Å². The zero-order valence-corrected chi connectivity index (χ0v) is 9.47. The molecule has 88 valence electrons. The van der Waals surface area contributed by atoms with Gasteiger partial charge in [0.05, 0.1) is 13.1 Å². The molecule has 1 aromatic heterocycles. The molecule has 0 bridgehead atoms. The second-order valence-electron chi connectivity index (χ2n) is 4.23. The molecule has 2 unspecified atom stereocenters. The molecular weight excluding hydrogens is 208 g/mol. The lowest BCUT2D eigenvalue weighted by molar-refractivity contribution is -0.119. The van der Waals surface area contributed by atoms with Gasteiger partial charge in [-0.1, -0.05) is 12.0 Å². The summed E-state index contributed by atoms with van der Waals surface area (Å²) in [5, 5.41) is 17.1. The lowest BCUT2D eigenvalue weighted by Gasteiger charge is -2.26. The van der Waals surface area contributed by atoms with Crippen molar-refractivity contribution in [3.8, 4) is 0 Å². The molecule has 2 heterocycles. The first-order chi connectivity index (χ1) is 7.65. The third-order valence-electron chi connectivity index (χ3n) is 2.73. The van der Waals surface area contributed by atoms with Crippen LogP contribution in [0.4, 0.5) is 5.95 Å². The highest BCUT2D eigenvalue weighted by molar-refractivity contribution is 5.93. The van der Waals surface area contributed by atoms with Crippen LogP contribution in [0.2, 0.25) is 0 Å². The maximum Gasteiger partial charge on any atom is 0.270 e. The van der Waals surface area contributed by atoms with E-state index in [1.54, 1.807) is 7.05 Å². The number of piperidine rings is 1. The molecule has 0 aliphatic carbocycles. The van der Waals surface area contributed by atoms with Crippen LogP contribution in [0.1, 0.15) is 19.8 Å². The molecule has 0 spiro atoms. The fourth-order valence-corrected chi connectivity index (χ4v) is 1.84. The SMILES string of the molecule is CC1CCNC(C(=O)Nc2nnn(C)n2)C1. The number of tetrazole rings is 1. The van der Waals surface area contributed by atoms with Gasteiger partial charge in [-0.2, -0.15) is 4.80 Å². The Balaban J connectivity index is 1.92. The highest BCUT2D eigenvalue weighted by Gasteiger charge is 2.25. The van der Waals surface area contributed by atoms with Crippen LogP contribution in [0.5, 0.6) is 0 Å². The number of aryl methyl sites for hydroxylation is 1.